The lowest BCUT2D eigenvalue weighted by Gasteiger charge is -2.65. The Balaban J connectivity index is 2.20. The molecule has 2 aliphatic rings. The van der Waals surface area contributed by atoms with Crippen molar-refractivity contribution in [3.63, 3.8) is 0 Å². The van der Waals surface area contributed by atoms with Crippen molar-refractivity contribution in [1.29, 1.82) is 0 Å². The Hall–Kier alpha value is -2.76. The topological polar surface area (TPSA) is 86.7 Å². The van der Waals surface area contributed by atoms with E-state index in [2.05, 4.69) is 13.2 Å². The van der Waals surface area contributed by atoms with Gasteiger partial charge in [-0.05, 0) is 38.8 Å². The van der Waals surface area contributed by atoms with E-state index in [-0.39, 0.29) is 48.8 Å². The molecule has 0 bridgehead atoms. The maximum absolute atomic E-state index is 12.8. The monoisotopic (exact) mass is 414 g/mol. The quantitative estimate of drug-likeness (QED) is 0.307. The maximum Gasteiger partial charge on any atom is 0.335 e. The van der Waals surface area contributed by atoms with Gasteiger partial charge in [0.25, 0.3) is 0 Å². The average molecular weight is 414 g/mol. The molecule has 0 aliphatic heterocycles. The number of hydrogen-bond donors (Lipinski definition) is 0. The summed E-state index contributed by atoms with van der Waals surface area (Å²) >= 11 is 0. The largest absolute Gasteiger partial charge is 0.462 e. The molecule has 0 aromatic heterocycles. The lowest BCUT2D eigenvalue weighted by atomic mass is 9.35. The number of allylic oxidation sites excluding steroid dienone is 4. The number of carbonyl (C=O) groups excluding carboxylic acids is 4. The molecule has 2 rings (SSSR count). The summed E-state index contributed by atoms with van der Waals surface area (Å²) in [7, 11) is 0. The van der Waals surface area contributed by atoms with Gasteiger partial charge in [0.2, 0.25) is 0 Å². The van der Waals surface area contributed by atoms with E-state index < -0.39 is 22.8 Å². The fourth-order valence-electron chi connectivity index (χ4n) is 4.41. The van der Waals surface area contributed by atoms with Crippen molar-refractivity contribution in [2.45, 2.75) is 54.4 Å². The third-order valence-corrected chi connectivity index (χ3v) is 6.80. The van der Waals surface area contributed by atoms with Crippen molar-refractivity contribution in [1.82, 2.24) is 0 Å². The molecular formula is C24H30O6. The zero-order chi connectivity index (χ0) is 23.0. The number of rotatable bonds is 10. The van der Waals surface area contributed by atoms with Gasteiger partial charge in [0.1, 0.15) is 0 Å². The smallest absolute Gasteiger partial charge is 0.335 e. The maximum atomic E-state index is 12.8. The van der Waals surface area contributed by atoms with E-state index in [1.54, 1.807) is 13.8 Å². The summed E-state index contributed by atoms with van der Waals surface area (Å²) in [6.45, 7) is 17.9. The zero-order valence-electron chi connectivity index (χ0n) is 18.7. The van der Waals surface area contributed by atoms with Gasteiger partial charge in [-0.1, -0.05) is 38.2 Å². The van der Waals surface area contributed by atoms with Crippen molar-refractivity contribution < 1.29 is 28.7 Å². The summed E-state index contributed by atoms with van der Waals surface area (Å²) in [5.74, 6) is -1.61. The van der Waals surface area contributed by atoms with Gasteiger partial charge in [-0.25, -0.2) is 9.59 Å². The summed E-state index contributed by atoms with van der Waals surface area (Å²) in [6, 6.07) is 0. The number of esters is 2. The van der Waals surface area contributed by atoms with Gasteiger partial charge < -0.3 is 9.47 Å². The van der Waals surface area contributed by atoms with Crippen LogP contribution in [0.1, 0.15) is 54.4 Å². The van der Waals surface area contributed by atoms with Gasteiger partial charge in [-0.2, -0.15) is 0 Å². The predicted octanol–water partition coefficient (Wildman–Crippen LogP) is 3.82. The van der Waals surface area contributed by atoms with E-state index in [9.17, 15) is 19.2 Å². The minimum Gasteiger partial charge on any atom is -0.462 e. The van der Waals surface area contributed by atoms with Crippen LogP contribution < -0.4 is 0 Å². The molecule has 6 nitrogen and oxygen atoms in total. The van der Waals surface area contributed by atoms with Crippen molar-refractivity contribution in [3.05, 3.63) is 46.6 Å². The number of ether oxygens (including phenoxy) is 2. The van der Waals surface area contributed by atoms with E-state index >= 15 is 0 Å². The molecule has 2 atom stereocenters. The van der Waals surface area contributed by atoms with Crippen LogP contribution in [-0.4, -0.2) is 36.7 Å². The zero-order valence-corrected chi connectivity index (χ0v) is 18.7. The number of fused-ring (bicyclic) bond motifs is 1. The van der Waals surface area contributed by atoms with Crippen LogP contribution in [0.5, 0.6) is 0 Å². The molecule has 0 amide bonds. The molecule has 6 heteroatoms. The van der Waals surface area contributed by atoms with Crippen LogP contribution >= 0.6 is 0 Å². The minimum atomic E-state index is -0.624. The van der Waals surface area contributed by atoms with Crippen molar-refractivity contribution >= 4 is 23.5 Å². The highest BCUT2D eigenvalue weighted by Gasteiger charge is 2.71. The predicted molar refractivity (Wildman–Crippen MR) is 112 cm³/mol. The molecule has 0 saturated heterocycles. The van der Waals surface area contributed by atoms with Crippen LogP contribution in [0.2, 0.25) is 0 Å². The van der Waals surface area contributed by atoms with Crippen LogP contribution in [0.3, 0.4) is 0 Å². The van der Waals surface area contributed by atoms with E-state index in [1.807, 2.05) is 27.7 Å². The molecular weight excluding hydrogens is 384 g/mol. The Kier molecular flexibility index (Phi) is 6.40. The molecule has 0 fully saturated rings. The first kappa shape index (κ1) is 23.5. The molecule has 0 saturated carbocycles. The highest BCUT2D eigenvalue weighted by molar-refractivity contribution is 6.09. The summed E-state index contributed by atoms with van der Waals surface area (Å²) < 4.78 is 10.6. The fraction of sp³-hybridized carbons (Fsp3) is 0.500. The number of carbonyl (C=O) groups is 4. The van der Waals surface area contributed by atoms with Crippen LogP contribution in [0.15, 0.2) is 46.6 Å². The Bertz CT molecular complexity index is 857. The molecule has 0 aromatic rings. The van der Waals surface area contributed by atoms with Crippen LogP contribution in [0.4, 0.5) is 0 Å². The molecule has 2 aliphatic carbocycles. The molecule has 2 unspecified atom stereocenters. The molecule has 0 N–H and O–H groups in total. The minimum absolute atomic E-state index is 0.0407. The second kappa shape index (κ2) is 8.17. The standard InChI is InChI=1S/C24H30O6/c1-13(2)17(25)9-11-29-21(27)19-20(22(28)30-12-10-18(26)14(3)4)24(8)16(6)15(5)23(19,24)7/h1,3,9-12H2,2,4-8H3. The summed E-state index contributed by atoms with van der Waals surface area (Å²) in [5, 5.41) is 0. The summed E-state index contributed by atoms with van der Waals surface area (Å²) in [6.07, 6.45) is 0.0813. The molecule has 30 heavy (non-hydrogen) atoms. The Labute approximate surface area is 177 Å². The van der Waals surface area contributed by atoms with Gasteiger partial charge in [0.15, 0.2) is 11.6 Å². The van der Waals surface area contributed by atoms with Crippen LogP contribution in [-0.2, 0) is 28.7 Å². The van der Waals surface area contributed by atoms with Gasteiger partial charge in [0.05, 0.1) is 24.4 Å². The highest BCUT2D eigenvalue weighted by atomic mass is 16.5. The van der Waals surface area contributed by atoms with Crippen molar-refractivity contribution in [2.24, 2.45) is 10.8 Å². The average Bonchev–Trinajstić information content (AvgIpc) is 2.68. The fourth-order valence-corrected chi connectivity index (χ4v) is 4.41. The lowest BCUT2D eigenvalue weighted by molar-refractivity contribution is -0.149. The normalized spacial score (nSPS) is 24.3. The lowest BCUT2D eigenvalue weighted by Crippen LogP contribution is -2.62. The third kappa shape index (κ3) is 3.38. The Morgan fingerprint density at radius 3 is 1.30 bits per heavy atom. The van der Waals surface area contributed by atoms with E-state index in [4.69, 9.17) is 9.47 Å². The van der Waals surface area contributed by atoms with E-state index in [0.717, 1.165) is 11.1 Å². The van der Waals surface area contributed by atoms with E-state index in [0.29, 0.717) is 11.1 Å². The Morgan fingerprint density at radius 2 is 1.03 bits per heavy atom. The molecule has 0 spiro atoms. The third-order valence-electron chi connectivity index (χ3n) is 6.80. The summed E-state index contributed by atoms with van der Waals surface area (Å²) in [4.78, 5) is 49.1. The van der Waals surface area contributed by atoms with Gasteiger partial charge >= 0.3 is 11.9 Å². The summed E-state index contributed by atoms with van der Waals surface area (Å²) in [5.41, 5.74) is 2.14. The molecule has 0 aromatic carbocycles. The van der Waals surface area contributed by atoms with Gasteiger partial charge in [0, 0.05) is 23.7 Å². The number of Topliss-reactive ketones (excluding diaryl/α,β-unsaturated/α-hetero) is 2. The second-order valence-electron chi connectivity index (χ2n) is 8.43. The van der Waals surface area contributed by atoms with Crippen molar-refractivity contribution in [2.75, 3.05) is 13.2 Å². The van der Waals surface area contributed by atoms with Crippen molar-refractivity contribution in [3.8, 4) is 0 Å². The first-order valence-electron chi connectivity index (χ1n) is 9.97. The number of ketones is 2. The first-order chi connectivity index (χ1) is 13.8. The Morgan fingerprint density at radius 1 is 0.733 bits per heavy atom. The van der Waals surface area contributed by atoms with Gasteiger partial charge in [-0.15, -0.1) is 0 Å². The molecule has 0 heterocycles. The van der Waals surface area contributed by atoms with Gasteiger partial charge in [-0.3, -0.25) is 9.59 Å². The molecule has 162 valence electrons. The van der Waals surface area contributed by atoms with Crippen LogP contribution in [0.25, 0.3) is 0 Å². The SMILES string of the molecule is C=C(C)C(=O)CCOC(=O)C1=C(C(=O)OCCC(=O)C(=C)C)C2(C)C(C)=C(C)C12C. The second-order valence-corrected chi connectivity index (χ2v) is 8.43. The highest BCUT2D eigenvalue weighted by Crippen LogP contribution is 2.75. The van der Waals surface area contributed by atoms with E-state index in [1.165, 1.54) is 0 Å². The number of hydrogen-bond acceptors (Lipinski definition) is 6. The molecule has 0 radical (unpaired) electrons. The van der Waals surface area contributed by atoms with Crippen LogP contribution in [0, 0.1) is 10.8 Å². The first-order valence-corrected chi connectivity index (χ1v) is 9.97.